The van der Waals surface area contributed by atoms with E-state index < -0.39 is 14.7 Å². The Kier molecular flexibility index (Phi) is 11.1. The van der Waals surface area contributed by atoms with Crippen LogP contribution in [-0.2, 0) is 13.4 Å². The largest absolute Gasteiger partial charge is 0.289 e. The van der Waals surface area contributed by atoms with Gasteiger partial charge in [0.25, 0.3) is 14.7 Å². The first kappa shape index (κ1) is 39.8. The Morgan fingerprint density at radius 2 is 0.673 bits per heavy atom. The van der Waals surface area contributed by atoms with Crippen LogP contribution in [0.1, 0.15) is 87.5 Å². The lowest BCUT2D eigenvalue weighted by Crippen LogP contribution is -2.29. The second-order valence-electron chi connectivity index (χ2n) is 15.1. The van der Waals surface area contributed by atoms with Crippen molar-refractivity contribution in [2.75, 3.05) is 0 Å². The minimum absolute atomic E-state index is 0.142. The van der Waals surface area contributed by atoms with E-state index in [-0.39, 0.29) is 43.9 Å². The molecular formula is C48H48O5P2. The van der Waals surface area contributed by atoms with E-state index in [0.717, 1.165) is 55.6 Å². The molecule has 0 saturated heterocycles. The summed E-state index contributed by atoms with van der Waals surface area (Å²) in [5.74, 6) is -0.599. The highest BCUT2D eigenvalue weighted by Crippen LogP contribution is 2.62. The molecule has 5 nitrogen and oxygen atoms in total. The Balaban J connectivity index is 1.67. The molecule has 0 aliphatic rings. The monoisotopic (exact) mass is 766 g/mol. The van der Waals surface area contributed by atoms with Crippen molar-refractivity contribution in [1.82, 2.24) is 0 Å². The molecule has 0 saturated carbocycles. The van der Waals surface area contributed by atoms with Crippen LogP contribution >= 0.6 is 14.7 Å². The number of benzene rings is 6. The summed E-state index contributed by atoms with van der Waals surface area (Å²) in [6.45, 7) is 19.2. The Bertz CT molecular complexity index is 2370. The van der Waals surface area contributed by atoms with Gasteiger partial charge < -0.3 is 0 Å². The van der Waals surface area contributed by atoms with Gasteiger partial charge in [-0.05, 0) is 140 Å². The summed E-state index contributed by atoms with van der Waals surface area (Å²) in [7, 11) is -8.87. The molecule has 0 aliphatic carbocycles. The van der Waals surface area contributed by atoms with E-state index in [1.165, 1.54) is 0 Å². The Morgan fingerprint density at radius 1 is 0.382 bits per heavy atom. The SMILES string of the molecule is Cc1ccc(P(=O)(OP(=O)(c2ccc(C)cc2)c2ccc(C)cc2C(=O)c2c(C)cc(C)cc2C)c2ccc(C)cc2C(=O)c2c(C)cc(C)cc2C)cc1. The molecule has 2 unspecified atom stereocenters. The van der Waals surface area contributed by atoms with Gasteiger partial charge >= 0.3 is 0 Å². The molecule has 0 heterocycles. The van der Waals surface area contributed by atoms with Gasteiger partial charge in [-0.15, -0.1) is 0 Å². The average Bonchev–Trinajstić information content (AvgIpc) is 3.11. The van der Waals surface area contributed by atoms with E-state index >= 15 is 9.13 Å². The summed E-state index contributed by atoms with van der Waals surface area (Å²) >= 11 is 0. The van der Waals surface area contributed by atoms with Gasteiger partial charge in [-0.2, -0.15) is 0 Å². The zero-order valence-corrected chi connectivity index (χ0v) is 35.1. The molecule has 0 amide bonds. The van der Waals surface area contributed by atoms with Gasteiger partial charge in [-0.25, -0.2) is 0 Å². The molecule has 55 heavy (non-hydrogen) atoms. The number of aryl methyl sites for hydroxylation is 10. The molecule has 0 bridgehead atoms. The Hall–Kier alpha value is -4.92. The average molecular weight is 767 g/mol. The van der Waals surface area contributed by atoms with Crippen LogP contribution in [0, 0.1) is 69.2 Å². The van der Waals surface area contributed by atoms with Crippen molar-refractivity contribution < 1.29 is 23.0 Å². The standard InChI is InChI=1S/C48H48O5P2/c1-29-11-17-39(18-12-29)54(51,43-21-15-31(3)27-41(43)47(49)45-35(7)23-33(5)24-36(45)8)53-55(52,40-19-13-30(2)14-20-40)44-22-16-32(4)28-42(44)48(50)46-37(9)25-34(6)26-38(46)10/h11-28H,1-10H3. The third-order valence-electron chi connectivity index (χ3n) is 10.2. The van der Waals surface area contributed by atoms with Gasteiger partial charge in [0.15, 0.2) is 11.6 Å². The maximum atomic E-state index is 16.4. The fourth-order valence-corrected chi connectivity index (χ4v) is 13.5. The summed E-state index contributed by atoms with van der Waals surface area (Å²) in [4.78, 5) is 29.6. The first-order valence-corrected chi connectivity index (χ1v) is 21.7. The molecular weight excluding hydrogens is 718 g/mol. The predicted octanol–water partition coefficient (Wildman–Crippen LogP) is 10.4. The first-order chi connectivity index (χ1) is 25.9. The molecule has 7 heteroatoms. The molecule has 280 valence electrons. The van der Waals surface area contributed by atoms with Crippen molar-refractivity contribution in [1.29, 1.82) is 0 Å². The molecule has 0 N–H and O–H groups in total. The topological polar surface area (TPSA) is 77.5 Å². The highest BCUT2D eigenvalue weighted by molar-refractivity contribution is 7.86. The third-order valence-corrected chi connectivity index (χ3v) is 16.1. The van der Waals surface area contributed by atoms with Crippen LogP contribution in [0.2, 0.25) is 0 Å². The lowest BCUT2D eigenvalue weighted by molar-refractivity contribution is 0.103. The molecule has 0 aromatic heterocycles. The van der Waals surface area contributed by atoms with Crippen LogP contribution < -0.4 is 21.2 Å². The van der Waals surface area contributed by atoms with Crippen LogP contribution in [0.3, 0.4) is 0 Å². The number of ketones is 2. The summed E-state index contributed by atoms with van der Waals surface area (Å²) in [5, 5.41) is 0.851. The van der Waals surface area contributed by atoms with Crippen molar-refractivity contribution in [3.8, 4) is 0 Å². The van der Waals surface area contributed by atoms with E-state index in [1.54, 1.807) is 60.7 Å². The van der Waals surface area contributed by atoms with Crippen LogP contribution in [0.4, 0.5) is 0 Å². The zero-order valence-electron chi connectivity index (χ0n) is 33.3. The lowest BCUT2D eigenvalue weighted by Gasteiger charge is -2.29. The molecule has 0 fully saturated rings. The number of hydrogen-bond donors (Lipinski definition) is 0. The normalized spacial score (nSPS) is 13.6. The predicted molar refractivity (Wildman–Crippen MR) is 228 cm³/mol. The fourth-order valence-electron chi connectivity index (χ4n) is 7.63. The highest BCUT2D eigenvalue weighted by Gasteiger charge is 2.44. The first-order valence-electron chi connectivity index (χ1n) is 18.5. The van der Waals surface area contributed by atoms with Crippen molar-refractivity contribution in [2.45, 2.75) is 69.2 Å². The van der Waals surface area contributed by atoms with E-state index in [1.807, 2.05) is 118 Å². The zero-order chi connectivity index (χ0) is 40.0. The fraction of sp³-hybridized carbons (Fsp3) is 0.208. The van der Waals surface area contributed by atoms with Gasteiger partial charge in [-0.3, -0.25) is 23.0 Å². The highest BCUT2D eigenvalue weighted by atomic mass is 31.2. The maximum absolute atomic E-state index is 16.4. The van der Waals surface area contributed by atoms with Crippen molar-refractivity contribution in [3.05, 3.63) is 187 Å². The van der Waals surface area contributed by atoms with E-state index in [0.29, 0.717) is 11.1 Å². The quantitative estimate of drug-likeness (QED) is 0.103. The summed E-state index contributed by atoms with van der Waals surface area (Å²) in [6.07, 6.45) is 0. The van der Waals surface area contributed by atoms with E-state index in [4.69, 9.17) is 4.31 Å². The molecule has 6 rings (SSSR count). The molecule has 0 radical (unpaired) electrons. The van der Waals surface area contributed by atoms with Crippen molar-refractivity contribution >= 4 is 47.5 Å². The van der Waals surface area contributed by atoms with Crippen LogP contribution in [-0.4, -0.2) is 11.6 Å². The van der Waals surface area contributed by atoms with Crippen LogP contribution in [0.5, 0.6) is 0 Å². The summed E-state index contributed by atoms with van der Waals surface area (Å²) in [6, 6.07) is 32.4. The number of carbonyl (C=O) groups excluding carboxylic acids is 2. The second-order valence-corrected chi connectivity index (χ2v) is 20.0. The van der Waals surface area contributed by atoms with Gasteiger partial charge in [0.05, 0.1) is 10.6 Å². The molecule has 6 aromatic carbocycles. The maximum Gasteiger partial charge on any atom is 0.267 e. The van der Waals surface area contributed by atoms with Gasteiger partial charge in [-0.1, -0.05) is 94.0 Å². The minimum atomic E-state index is -4.43. The van der Waals surface area contributed by atoms with Gasteiger partial charge in [0, 0.05) is 32.9 Å². The van der Waals surface area contributed by atoms with Crippen LogP contribution in [0.15, 0.2) is 109 Å². The second kappa shape index (κ2) is 15.3. The lowest BCUT2D eigenvalue weighted by atomic mass is 9.92. The molecule has 2 atom stereocenters. The third kappa shape index (κ3) is 7.67. The smallest absolute Gasteiger partial charge is 0.267 e. The summed E-state index contributed by atoms with van der Waals surface area (Å²) < 4.78 is 39.7. The molecule has 6 aromatic rings. The van der Waals surface area contributed by atoms with Crippen LogP contribution in [0.25, 0.3) is 0 Å². The minimum Gasteiger partial charge on any atom is -0.289 e. The van der Waals surface area contributed by atoms with Gasteiger partial charge in [0.1, 0.15) is 0 Å². The number of hydrogen-bond acceptors (Lipinski definition) is 5. The van der Waals surface area contributed by atoms with Crippen molar-refractivity contribution in [2.24, 2.45) is 0 Å². The summed E-state index contributed by atoms with van der Waals surface area (Å²) in [5.41, 5.74) is 10.2. The Morgan fingerprint density at radius 3 is 0.982 bits per heavy atom. The Labute approximate surface area is 325 Å². The molecule has 0 aliphatic heterocycles. The molecule has 0 spiro atoms. The number of carbonyl (C=O) groups is 2. The van der Waals surface area contributed by atoms with Crippen molar-refractivity contribution in [3.63, 3.8) is 0 Å². The van der Waals surface area contributed by atoms with E-state index in [9.17, 15) is 9.59 Å². The van der Waals surface area contributed by atoms with Gasteiger partial charge in [0.2, 0.25) is 0 Å². The number of rotatable bonds is 10. The van der Waals surface area contributed by atoms with E-state index in [2.05, 4.69) is 0 Å².